The first-order valence-electron chi connectivity index (χ1n) is 10.6. The number of rotatable bonds is 8. The minimum absolute atomic E-state index is 0.00494. The Hall–Kier alpha value is -3.11. The molecule has 2 aromatic rings. The molecule has 2 aromatic carbocycles. The minimum atomic E-state index is -0.472. The van der Waals surface area contributed by atoms with Gasteiger partial charge in [-0.15, -0.1) is 0 Å². The maximum atomic E-state index is 12.6. The lowest BCUT2D eigenvalue weighted by Gasteiger charge is -2.20. The fraction of sp³-hybridized carbons (Fsp3) is 0.250. The van der Waals surface area contributed by atoms with E-state index in [4.69, 9.17) is 19.6 Å². The minimum Gasteiger partial charge on any atom is -0.493 e. The molecule has 2 aliphatic rings. The second-order valence-corrected chi connectivity index (χ2v) is 9.31. The van der Waals surface area contributed by atoms with E-state index in [9.17, 15) is 4.79 Å². The van der Waals surface area contributed by atoms with Gasteiger partial charge in [0, 0.05) is 0 Å². The highest BCUT2D eigenvalue weighted by atomic mass is 79.9. The smallest absolute Gasteiger partial charge is 0.283 e. The van der Waals surface area contributed by atoms with E-state index in [1.165, 1.54) is 16.8 Å². The van der Waals surface area contributed by atoms with Gasteiger partial charge in [-0.1, -0.05) is 19.1 Å². The zero-order valence-electron chi connectivity index (χ0n) is 18.9. The average molecular weight is 543 g/mol. The van der Waals surface area contributed by atoms with E-state index in [-0.39, 0.29) is 11.4 Å². The number of halogens is 1. The molecule has 0 spiro atoms. The maximum absolute atomic E-state index is 12.6. The number of carbonyl (C=O) groups excluding carboxylic acids is 1. The number of carbonyl (C=O) groups is 1. The van der Waals surface area contributed by atoms with Crippen molar-refractivity contribution < 1.29 is 19.0 Å². The number of aryl methyl sites for hydroxylation is 1. The Balaban J connectivity index is 1.49. The molecule has 1 N–H and O–H groups in total. The van der Waals surface area contributed by atoms with Crippen molar-refractivity contribution in [2.75, 3.05) is 20.3 Å². The van der Waals surface area contributed by atoms with E-state index in [0.717, 1.165) is 16.4 Å². The number of amides is 1. The van der Waals surface area contributed by atoms with Crippen molar-refractivity contribution in [3.05, 3.63) is 57.6 Å². The molecule has 0 atom stereocenters. The van der Waals surface area contributed by atoms with Gasteiger partial charge in [-0.2, -0.15) is 15.1 Å². The van der Waals surface area contributed by atoms with Crippen molar-refractivity contribution in [2.45, 2.75) is 20.3 Å². The summed E-state index contributed by atoms with van der Waals surface area (Å²) in [4.78, 5) is 16.7. The summed E-state index contributed by atoms with van der Waals surface area (Å²) >= 11 is 4.84. The Kier molecular flexibility index (Phi) is 7.38. The lowest BCUT2D eigenvalue weighted by atomic mass is 10.1. The van der Waals surface area contributed by atoms with E-state index in [1.807, 2.05) is 38.1 Å². The molecule has 10 heteroatoms. The highest BCUT2D eigenvalue weighted by molar-refractivity contribution is 9.10. The number of benzene rings is 2. The van der Waals surface area contributed by atoms with Crippen LogP contribution in [0.1, 0.15) is 24.5 Å². The second kappa shape index (κ2) is 10.4. The number of fused-ring (bicyclic) bond motifs is 1. The van der Waals surface area contributed by atoms with Crippen molar-refractivity contribution in [3.8, 4) is 17.2 Å². The van der Waals surface area contributed by atoms with Crippen LogP contribution in [-0.4, -0.2) is 47.3 Å². The zero-order valence-corrected chi connectivity index (χ0v) is 21.3. The predicted octanol–water partition coefficient (Wildman–Crippen LogP) is 5.25. The third-order valence-corrected chi connectivity index (χ3v) is 6.59. The van der Waals surface area contributed by atoms with Crippen molar-refractivity contribution in [2.24, 2.45) is 10.1 Å². The van der Waals surface area contributed by atoms with Crippen LogP contribution in [0.4, 0.5) is 0 Å². The van der Waals surface area contributed by atoms with Crippen LogP contribution in [0.2, 0.25) is 0 Å². The first kappa shape index (κ1) is 24.0. The normalized spacial score (nSPS) is 16.4. The molecule has 0 saturated carbocycles. The Morgan fingerprint density at radius 3 is 2.74 bits per heavy atom. The van der Waals surface area contributed by atoms with Crippen LogP contribution in [0.25, 0.3) is 6.08 Å². The number of thioether (sulfide) groups is 1. The monoisotopic (exact) mass is 542 g/mol. The van der Waals surface area contributed by atoms with Gasteiger partial charge < -0.3 is 14.2 Å². The van der Waals surface area contributed by atoms with E-state index < -0.39 is 5.91 Å². The molecule has 0 unspecified atom stereocenters. The average Bonchev–Trinajstić information content (AvgIpc) is 3.23. The molecule has 0 aliphatic carbocycles. The number of hydrogen-bond donors (Lipinski definition) is 1. The summed E-state index contributed by atoms with van der Waals surface area (Å²) in [5.41, 5.74) is 1.94. The summed E-state index contributed by atoms with van der Waals surface area (Å²) in [5.74, 6) is 1.32. The highest BCUT2D eigenvalue weighted by Gasteiger charge is 2.35. The first-order chi connectivity index (χ1) is 16.4. The fourth-order valence-electron chi connectivity index (χ4n) is 3.31. The van der Waals surface area contributed by atoms with Gasteiger partial charge >= 0.3 is 0 Å². The second-order valence-electron chi connectivity index (χ2n) is 7.41. The van der Waals surface area contributed by atoms with Crippen molar-refractivity contribution in [3.63, 3.8) is 0 Å². The summed E-state index contributed by atoms with van der Waals surface area (Å²) in [6, 6.07) is 11.4. The molecule has 0 saturated heterocycles. The van der Waals surface area contributed by atoms with Gasteiger partial charge in [0.05, 0.1) is 17.2 Å². The molecule has 1 amide bonds. The van der Waals surface area contributed by atoms with E-state index in [0.29, 0.717) is 46.3 Å². The molecule has 34 heavy (non-hydrogen) atoms. The number of aliphatic imine (C=N–C) groups is 1. The number of amidine groups is 2. The van der Waals surface area contributed by atoms with Gasteiger partial charge in [-0.3, -0.25) is 10.2 Å². The Morgan fingerprint density at radius 2 is 2.00 bits per heavy atom. The number of hydrogen-bond acceptors (Lipinski definition) is 7. The summed E-state index contributed by atoms with van der Waals surface area (Å²) in [6.07, 6.45) is 2.31. The highest BCUT2D eigenvalue weighted by Crippen LogP contribution is 2.38. The lowest BCUT2D eigenvalue weighted by Crippen LogP contribution is -2.35. The molecule has 4 rings (SSSR count). The van der Waals surface area contributed by atoms with Crippen LogP contribution in [-0.2, 0) is 4.79 Å². The largest absolute Gasteiger partial charge is 0.493 e. The molecule has 0 bridgehead atoms. The van der Waals surface area contributed by atoms with Crippen molar-refractivity contribution in [1.82, 2.24) is 5.01 Å². The van der Waals surface area contributed by atoms with Crippen molar-refractivity contribution >= 4 is 55.7 Å². The number of ether oxygens (including phenoxy) is 3. The van der Waals surface area contributed by atoms with Gasteiger partial charge in [-0.05, 0) is 82.5 Å². The SMILES string of the molecule is CCC1=NN2C(=N)C(=Cc3cc(Br)c(OCCOc4cccc(C)c4)c(OC)c3)C(=O)N=C2S1. The number of methoxy groups -OCH3 is 1. The Morgan fingerprint density at radius 1 is 1.21 bits per heavy atom. The number of hydrazone groups is 1. The van der Waals surface area contributed by atoms with E-state index in [2.05, 4.69) is 26.0 Å². The van der Waals surface area contributed by atoms with Crippen LogP contribution in [0.5, 0.6) is 17.2 Å². The van der Waals surface area contributed by atoms with E-state index in [1.54, 1.807) is 25.3 Å². The molecular weight excluding hydrogens is 520 g/mol. The summed E-state index contributed by atoms with van der Waals surface area (Å²) in [7, 11) is 1.54. The number of nitrogens with one attached hydrogen (secondary N) is 1. The number of nitrogens with zero attached hydrogens (tertiary/aromatic N) is 3. The molecular formula is C24H23BrN4O4S. The molecule has 0 fully saturated rings. The van der Waals surface area contributed by atoms with Crippen LogP contribution in [0.3, 0.4) is 0 Å². The lowest BCUT2D eigenvalue weighted by molar-refractivity contribution is -0.114. The maximum Gasteiger partial charge on any atom is 0.283 e. The van der Waals surface area contributed by atoms with Crippen LogP contribution >= 0.6 is 27.7 Å². The summed E-state index contributed by atoms with van der Waals surface area (Å²) in [6.45, 7) is 4.66. The zero-order chi connectivity index (χ0) is 24.2. The third kappa shape index (κ3) is 5.18. The fourth-order valence-corrected chi connectivity index (χ4v) is 4.71. The van der Waals surface area contributed by atoms with Crippen LogP contribution < -0.4 is 14.2 Å². The molecule has 176 valence electrons. The molecule has 0 radical (unpaired) electrons. The van der Waals surface area contributed by atoms with Gasteiger partial charge in [0.15, 0.2) is 17.3 Å². The van der Waals surface area contributed by atoms with Gasteiger partial charge in [0.25, 0.3) is 5.91 Å². The standard InChI is InChI=1S/C24H23BrN4O4S/c1-4-20-28-29-22(26)17(23(30)27-24(29)34-20)11-15-12-18(25)21(19(13-15)31-3)33-9-8-32-16-7-5-6-14(2)10-16/h5-7,10-13,26H,4,8-9H2,1-3H3. The van der Waals surface area contributed by atoms with Crippen molar-refractivity contribution in [1.29, 1.82) is 5.41 Å². The summed E-state index contributed by atoms with van der Waals surface area (Å²) < 4.78 is 17.8. The van der Waals surface area contributed by atoms with Gasteiger partial charge in [0.1, 0.15) is 24.0 Å². The quantitative estimate of drug-likeness (QED) is 0.361. The Bertz CT molecular complexity index is 1240. The van der Waals surface area contributed by atoms with Gasteiger partial charge in [0.2, 0.25) is 5.17 Å². The summed E-state index contributed by atoms with van der Waals surface area (Å²) in [5, 5.41) is 15.5. The topological polar surface area (TPSA) is 96.6 Å². The van der Waals surface area contributed by atoms with E-state index >= 15 is 0 Å². The Labute approximate surface area is 210 Å². The third-order valence-electron chi connectivity index (χ3n) is 4.95. The first-order valence-corrected chi connectivity index (χ1v) is 12.2. The molecule has 2 heterocycles. The molecule has 0 aromatic heterocycles. The van der Waals surface area contributed by atoms with Crippen LogP contribution in [0, 0.1) is 12.3 Å². The predicted molar refractivity (Wildman–Crippen MR) is 138 cm³/mol. The van der Waals surface area contributed by atoms with Crippen LogP contribution in [0.15, 0.2) is 56.5 Å². The van der Waals surface area contributed by atoms with Gasteiger partial charge in [-0.25, -0.2) is 0 Å². The molecule has 2 aliphatic heterocycles. The molecule has 8 nitrogen and oxygen atoms in total.